The average molecular weight is 252 g/mol. The van der Waals surface area contributed by atoms with Crippen LogP contribution in [0.25, 0.3) is 4.85 Å². The number of carbonyl (C=O) groups is 2. The van der Waals surface area contributed by atoms with Crippen LogP contribution in [0.3, 0.4) is 0 Å². The number of benzene rings is 1. The summed E-state index contributed by atoms with van der Waals surface area (Å²) < 4.78 is 4.56. The number of ketones is 1. The molecule has 88 valence electrons. The molecule has 0 saturated carbocycles. The number of esters is 1. The van der Waals surface area contributed by atoms with E-state index in [1.165, 1.54) is 26.2 Å². The van der Waals surface area contributed by atoms with Crippen molar-refractivity contribution in [3.8, 4) is 0 Å². The van der Waals surface area contributed by atoms with Gasteiger partial charge in [-0.3, -0.25) is 9.59 Å². The van der Waals surface area contributed by atoms with Crippen molar-refractivity contribution in [2.75, 3.05) is 7.11 Å². The topological polar surface area (TPSA) is 47.7 Å². The standard InChI is InChI=1S/C12H10ClNO3/c1-7(15)11(12(16)17-3)8-4-5-9(13)10(6-8)14-2/h4-6,11H,1,3H3. The number of hydrogen-bond acceptors (Lipinski definition) is 3. The van der Waals surface area contributed by atoms with Crippen LogP contribution >= 0.6 is 11.6 Å². The van der Waals surface area contributed by atoms with Crippen LogP contribution in [0.1, 0.15) is 18.4 Å². The van der Waals surface area contributed by atoms with Crippen LogP contribution in [-0.2, 0) is 14.3 Å². The second-order valence-corrected chi connectivity index (χ2v) is 3.80. The van der Waals surface area contributed by atoms with Gasteiger partial charge < -0.3 is 4.74 Å². The first kappa shape index (κ1) is 13.2. The zero-order valence-electron chi connectivity index (χ0n) is 9.36. The molecule has 1 aromatic carbocycles. The van der Waals surface area contributed by atoms with Gasteiger partial charge in [-0.05, 0) is 12.5 Å². The SMILES string of the molecule is [C-]#[N+]c1cc(C(C(C)=O)C(=O)OC)ccc1Cl. The summed E-state index contributed by atoms with van der Waals surface area (Å²) in [4.78, 5) is 26.1. The van der Waals surface area contributed by atoms with Gasteiger partial charge in [-0.15, -0.1) is 0 Å². The fourth-order valence-corrected chi connectivity index (χ4v) is 1.61. The van der Waals surface area contributed by atoms with Crippen molar-refractivity contribution >= 4 is 29.0 Å². The van der Waals surface area contributed by atoms with E-state index in [0.29, 0.717) is 5.56 Å². The third-order valence-corrected chi connectivity index (χ3v) is 2.59. The monoisotopic (exact) mass is 251 g/mol. The molecule has 0 amide bonds. The Morgan fingerprint density at radius 1 is 1.47 bits per heavy atom. The van der Waals surface area contributed by atoms with E-state index in [9.17, 15) is 9.59 Å². The minimum Gasteiger partial charge on any atom is -0.468 e. The molecule has 1 atom stereocenters. The Hall–Kier alpha value is -1.86. The molecule has 0 saturated heterocycles. The highest BCUT2D eigenvalue weighted by Crippen LogP contribution is 2.30. The van der Waals surface area contributed by atoms with Crippen LogP contribution in [-0.4, -0.2) is 18.9 Å². The molecular formula is C12H10ClNO3. The van der Waals surface area contributed by atoms with Gasteiger partial charge in [0.1, 0.15) is 11.7 Å². The van der Waals surface area contributed by atoms with Gasteiger partial charge in [0.15, 0.2) is 0 Å². The van der Waals surface area contributed by atoms with Gasteiger partial charge in [-0.2, -0.15) is 0 Å². The van der Waals surface area contributed by atoms with Gasteiger partial charge >= 0.3 is 5.97 Å². The Bertz CT molecular complexity index is 505. The first-order valence-electron chi connectivity index (χ1n) is 4.76. The summed E-state index contributed by atoms with van der Waals surface area (Å²) in [5, 5.41) is 0.288. The van der Waals surface area contributed by atoms with Crippen LogP contribution in [0.15, 0.2) is 18.2 Å². The predicted molar refractivity (Wildman–Crippen MR) is 63.2 cm³/mol. The van der Waals surface area contributed by atoms with E-state index in [1.54, 1.807) is 6.07 Å². The number of hydrogen-bond donors (Lipinski definition) is 0. The number of methoxy groups -OCH3 is 1. The van der Waals surface area contributed by atoms with E-state index in [4.69, 9.17) is 18.2 Å². The van der Waals surface area contributed by atoms with Crippen molar-refractivity contribution in [3.63, 3.8) is 0 Å². The first-order valence-corrected chi connectivity index (χ1v) is 5.14. The highest BCUT2D eigenvalue weighted by Gasteiger charge is 2.26. The fraction of sp³-hybridized carbons (Fsp3) is 0.250. The normalized spacial score (nSPS) is 11.4. The number of ether oxygens (including phenoxy) is 1. The quantitative estimate of drug-likeness (QED) is 0.471. The molecule has 0 heterocycles. The van der Waals surface area contributed by atoms with Crippen molar-refractivity contribution in [3.05, 3.63) is 40.2 Å². The molecule has 0 fully saturated rings. The fourth-order valence-electron chi connectivity index (χ4n) is 1.45. The third-order valence-electron chi connectivity index (χ3n) is 2.27. The van der Waals surface area contributed by atoms with Gasteiger partial charge in [0.25, 0.3) is 0 Å². The van der Waals surface area contributed by atoms with Gasteiger partial charge in [-0.25, -0.2) is 4.85 Å². The number of carbonyl (C=O) groups excluding carboxylic acids is 2. The van der Waals surface area contributed by atoms with E-state index in [2.05, 4.69) is 9.58 Å². The number of Topliss-reactive ketones (excluding diaryl/α,β-unsaturated/α-hetero) is 1. The Labute approximate surface area is 104 Å². The van der Waals surface area contributed by atoms with Crippen molar-refractivity contribution in [2.24, 2.45) is 0 Å². The molecule has 1 unspecified atom stereocenters. The van der Waals surface area contributed by atoms with Crippen LogP contribution < -0.4 is 0 Å². The van der Waals surface area contributed by atoms with Gasteiger partial charge in [-0.1, -0.05) is 29.8 Å². The highest BCUT2D eigenvalue weighted by molar-refractivity contribution is 6.33. The largest absolute Gasteiger partial charge is 0.468 e. The molecule has 5 heteroatoms. The van der Waals surface area contributed by atoms with Crippen LogP contribution in [0.4, 0.5) is 5.69 Å². The zero-order chi connectivity index (χ0) is 13.0. The van der Waals surface area contributed by atoms with Gasteiger partial charge in [0.05, 0.1) is 13.7 Å². The summed E-state index contributed by atoms with van der Waals surface area (Å²) in [5.74, 6) is -1.98. The van der Waals surface area contributed by atoms with E-state index >= 15 is 0 Å². The van der Waals surface area contributed by atoms with Gasteiger partial charge in [0, 0.05) is 5.02 Å². The van der Waals surface area contributed by atoms with Crippen LogP contribution in [0.5, 0.6) is 0 Å². The Morgan fingerprint density at radius 2 is 2.12 bits per heavy atom. The van der Waals surface area contributed by atoms with E-state index in [-0.39, 0.29) is 16.5 Å². The lowest BCUT2D eigenvalue weighted by Crippen LogP contribution is -2.21. The van der Waals surface area contributed by atoms with Crippen molar-refractivity contribution in [1.82, 2.24) is 0 Å². The highest BCUT2D eigenvalue weighted by atomic mass is 35.5. The molecule has 4 nitrogen and oxygen atoms in total. The van der Waals surface area contributed by atoms with E-state index in [1.807, 2.05) is 0 Å². The Kier molecular flexibility index (Phi) is 4.24. The lowest BCUT2D eigenvalue weighted by atomic mass is 9.95. The molecule has 1 aromatic rings. The minimum atomic E-state index is -1.00. The molecule has 17 heavy (non-hydrogen) atoms. The zero-order valence-corrected chi connectivity index (χ0v) is 10.1. The van der Waals surface area contributed by atoms with Crippen molar-refractivity contribution in [2.45, 2.75) is 12.8 Å². The van der Waals surface area contributed by atoms with Crippen molar-refractivity contribution < 1.29 is 14.3 Å². The Balaban J connectivity index is 3.26. The smallest absolute Gasteiger partial charge is 0.320 e. The van der Waals surface area contributed by atoms with Crippen LogP contribution in [0.2, 0.25) is 5.02 Å². The van der Waals surface area contributed by atoms with Crippen LogP contribution in [0, 0.1) is 6.57 Å². The average Bonchev–Trinajstić information content (AvgIpc) is 2.30. The second kappa shape index (κ2) is 5.46. The maximum Gasteiger partial charge on any atom is 0.320 e. The van der Waals surface area contributed by atoms with E-state index in [0.717, 1.165) is 0 Å². The molecule has 0 bridgehead atoms. The molecule has 0 aliphatic carbocycles. The molecule has 0 radical (unpaired) electrons. The predicted octanol–water partition coefficient (Wildman–Crippen LogP) is 2.74. The van der Waals surface area contributed by atoms with Crippen molar-refractivity contribution in [1.29, 1.82) is 0 Å². The maximum absolute atomic E-state index is 11.5. The summed E-state index contributed by atoms with van der Waals surface area (Å²) in [5.41, 5.74) is 0.624. The summed E-state index contributed by atoms with van der Waals surface area (Å²) >= 11 is 5.78. The molecular weight excluding hydrogens is 242 g/mol. The summed E-state index contributed by atoms with van der Waals surface area (Å²) in [6.07, 6.45) is 0. The maximum atomic E-state index is 11.5. The van der Waals surface area contributed by atoms with Gasteiger partial charge in [0.2, 0.25) is 5.69 Å². The molecule has 0 aromatic heterocycles. The number of halogens is 1. The molecule has 0 aliphatic heterocycles. The van der Waals surface area contributed by atoms with E-state index < -0.39 is 11.9 Å². The molecule has 0 spiro atoms. The third kappa shape index (κ3) is 2.83. The summed E-state index contributed by atoms with van der Waals surface area (Å²) in [6, 6.07) is 4.46. The summed E-state index contributed by atoms with van der Waals surface area (Å²) in [6.45, 7) is 8.22. The molecule has 0 N–H and O–H groups in total. The first-order chi connectivity index (χ1) is 8.01. The Morgan fingerprint density at radius 3 is 2.59 bits per heavy atom. The number of rotatable bonds is 3. The number of nitrogens with zero attached hydrogens (tertiary/aromatic N) is 1. The minimum absolute atomic E-state index is 0.208. The second-order valence-electron chi connectivity index (χ2n) is 3.39. The lowest BCUT2D eigenvalue weighted by molar-refractivity contribution is -0.145. The molecule has 0 aliphatic rings. The lowest BCUT2D eigenvalue weighted by Gasteiger charge is -2.12. The molecule has 1 rings (SSSR count). The summed E-state index contributed by atoms with van der Waals surface area (Å²) in [7, 11) is 1.21.